The molecular formula is C12H12O. The fraction of sp³-hybridized carbons (Fsp3) is 0.0833. The molecule has 0 unspecified atom stereocenters. The second-order valence-corrected chi connectivity index (χ2v) is 2.96. The fourth-order valence-electron chi connectivity index (χ4n) is 0.924. The molecule has 0 aliphatic rings. The Bertz CT molecular complexity index is 331. The number of hydrogen-bond donors (Lipinski definition) is 0. The van der Waals surface area contributed by atoms with Crippen molar-refractivity contribution >= 4 is 12.4 Å². The van der Waals surface area contributed by atoms with Crippen LogP contribution in [0.25, 0.3) is 6.08 Å². The Morgan fingerprint density at radius 1 is 1.23 bits per heavy atom. The zero-order valence-electron chi connectivity index (χ0n) is 7.66. The third-order valence-corrected chi connectivity index (χ3v) is 1.63. The van der Waals surface area contributed by atoms with Gasteiger partial charge < -0.3 is 0 Å². The predicted octanol–water partition coefficient (Wildman–Crippen LogP) is 3.09. The van der Waals surface area contributed by atoms with E-state index in [1.807, 2.05) is 31.2 Å². The molecule has 0 radical (unpaired) electrons. The summed E-state index contributed by atoms with van der Waals surface area (Å²) < 4.78 is 0. The summed E-state index contributed by atoms with van der Waals surface area (Å²) in [5.41, 5.74) is 2.79. The van der Waals surface area contributed by atoms with Gasteiger partial charge in [-0.1, -0.05) is 48.6 Å². The predicted molar refractivity (Wildman–Crippen MR) is 55.7 cm³/mol. The third-order valence-electron chi connectivity index (χ3n) is 1.63. The maximum absolute atomic E-state index is 10.4. The van der Waals surface area contributed by atoms with Crippen molar-refractivity contribution in [2.45, 2.75) is 6.92 Å². The van der Waals surface area contributed by atoms with E-state index in [1.54, 1.807) is 12.1 Å². The summed E-state index contributed by atoms with van der Waals surface area (Å²) in [7, 11) is 0. The van der Waals surface area contributed by atoms with Gasteiger partial charge in [0, 0.05) is 5.56 Å². The van der Waals surface area contributed by atoms with Gasteiger partial charge in [-0.2, -0.15) is 0 Å². The Kier molecular flexibility index (Phi) is 3.21. The summed E-state index contributed by atoms with van der Waals surface area (Å²) in [5, 5.41) is 0. The summed E-state index contributed by atoms with van der Waals surface area (Å²) in [6.07, 6.45) is 4.75. The van der Waals surface area contributed by atoms with Crippen molar-refractivity contribution in [3.63, 3.8) is 0 Å². The lowest BCUT2D eigenvalue weighted by Crippen LogP contribution is -1.78. The molecule has 0 amide bonds. The number of aldehydes is 1. The van der Waals surface area contributed by atoms with Crippen LogP contribution in [0.5, 0.6) is 0 Å². The first-order valence-corrected chi connectivity index (χ1v) is 4.11. The molecule has 0 aliphatic carbocycles. The maximum atomic E-state index is 10.4. The molecule has 0 aliphatic heterocycles. The van der Waals surface area contributed by atoms with E-state index in [4.69, 9.17) is 0 Å². The molecule has 1 nitrogen and oxygen atoms in total. The zero-order chi connectivity index (χ0) is 9.68. The number of allylic oxidation sites excluding steroid dienone is 2. The first kappa shape index (κ1) is 9.46. The standard InChI is InChI=1S/C12H12O/c1-10(2)3-4-11-5-7-12(9-13)8-6-11/h3-9H,1H2,2H3. The first-order valence-electron chi connectivity index (χ1n) is 4.11. The smallest absolute Gasteiger partial charge is 0.150 e. The molecule has 0 spiro atoms. The number of benzene rings is 1. The highest BCUT2D eigenvalue weighted by Crippen LogP contribution is 2.05. The van der Waals surface area contributed by atoms with Gasteiger partial charge in [-0.05, 0) is 12.5 Å². The SMILES string of the molecule is C=C(C)C=Cc1ccc(C=O)cc1. The van der Waals surface area contributed by atoms with Gasteiger partial charge in [0.2, 0.25) is 0 Å². The summed E-state index contributed by atoms with van der Waals surface area (Å²) in [4.78, 5) is 10.4. The van der Waals surface area contributed by atoms with E-state index in [1.165, 1.54) is 0 Å². The highest BCUT2D eigenvalue weighted by atomic mass is 16.1. The fourth-order valence-corrected chi connectivity index (χ4v) is 0.924. The Labute approximate surface area is 78.4 Å². The maximum Gasteiger partial charge on any atom is 0.150 e. The van der Waals surface area contributed by atoms with Crippen molar-refractivity contribution in [1.29, 1.82) is 0 Å². The number of carbonyl (C=O) groups is 1. The second kappa shape index (κ2) is 4.41. The minimum Gasteiger partial charge on any atom is -0.298 e. The van der Waals surface area contributed by atoms with Gasteiger partial charge in [0.05, 0.1) is 0 Å². The van der Waals surface area contributed by atoms with Gasteiger partial charge in [0.25, 0.3) is 0 Å². The van der Waals surface area contributed by atoms with Crippen molar-refractivity contribution in [3.8, 4) is 0 Å². The lowest BCUT2D eigenvalue weighted by molar-refractivity contribution is 0.112. The average molecular weight is 172 g/mol. The Morgan fingerprint density at radius 3 is 2.23 bits per heavy atom. The van der Waals surface area contributed by atoms with Gasteiger partial charge in [-0.15, -0.1) is 0 Å². The molecule has 0 saturated heterocycles. The van der Waals surface area contributed by atoms with Crippen LogP contribution in [0.15, 0.2) is 42.5 Å². The zero-order valence-corrected chi connectivity index (χ0v) is 7.66. The monoisotopic (exact) mass is 172 g/mol. The Hall–Kier alpha value is -1.63. The van der Waals surface area contributed by atoms with Crippen molar-refractivity contribution < 1.29 is 4.79 Å². The van der Waals surface area contributed by atoms with E-state index >= 15 is 0 Å². The van der Waals surface area contributed by atoms with Crippen LogP contribution in [0.2, 0.25) is 0 Å². The average Bonchev–Trinajstić information content (AvgIpc) is 2.15. The number of hydrogen-bond acceptors (Lipinski definition) is 1. The Morgan fingerprint density at radius 2 is 1.77 bits per heavy atom. The molecule has 1 rings (SSSR count). The van der Waals surface area contributed by atoms with Crippen LogP contribution >= 0.6 is 0 Å². The Balaban J connectivity index is 2.80. The largest absolute Gasteiger partial charge is 0.298 e. The van der Waals surface area contributed by atoms with Crippen molar-refractivity contribution in [1.82, 2.24) is 0 Å². The molecule has 1 aromatic rings. The lowest BCUT2D eigenvalue weighted by Gasteiger charge is -1.93. The van der Waals surface area contributed by atoms with Gasteiger partial charge in [-0.25, -0.2) is 0 Å². The number of rotatable bonds is 3. The van der Waals surface area contributed by atoms with E-state index < -0.39 is 0 Å². The molecule has 0 aromatic heterocycles. The van der Waals surface area contributed by atoms with Gasteiger partial charge in [0.15, 0.2) is 0 Å². The number of carbonyl (C=O) groups excluding carboxylic acids is 1. The van der Waals surface area contributed by atoms with E-state index in [0.29, 0.717) is 5.56 Å². The summed E-state index contributed by atoms with van der Waals surface area (Å²) >= 11 is 0. The van der Waals surface area contributed by atoms with Crippen LogP contribution < -0.4 is 0 Å². The molecule has 0 atom stereocenters. The van der Waals surface area contributed by atoms with Crippen LogP contribution in [0.3, 0.4) is 0 Å². The highest BCUT2D eigenvalue weighted by Gasteiger charge is 1.88. The molecule has 0 bridgehead atoms. The van der Waals surface area contributed by atoms with Crippen LogP contribution in [0, 0.1) is 0 Å². The van der Waals surface area contributed by atoms with Crippen LogP contribution in [-0.2, 0) is 0 Å². The minimum absolute atomic E-state index is 0.701. The molecule has 0 fully saturated rings. The summed E-state index contributed by atoms with van der Waals surface area (Å²) in [6.45, 7) is 5.70. The summed E-state index contributed by atoms with van der Waals surface area (Å²) in [6, 6.07) is 7.41. The van der Waals surface area contributed by atoms with Crippen LogP contribution in [0.4, 0.5) is 0 Å². The van der Waals surface area contributed by atoms with E-state index in [-0.39, 0.29) is 0 Å². The molecule has 66 valence electrons. The van der Waals surface area contributed by atoms with Gasteiger partial charge >= 0.3 is 0 Å². The lowest BCUT2D eigenvalue weighted by atomic mass is 10.1. The van der Waals surface area contributed by atoms with Crippen LogP contribution in [-0.4, -0.2) is 6.29 Å². The minimum atomic E-state index is 0.701. The topological polar surface area (TPSA) is 17.1 Å². The van der Waals surface area contributed by atoms with Crippen molar-refractivity contribution in [3.05, 3.63) is 53.6 Å². The molecular weight excluding hydrogens is 160 g/mol. The third kappa shape index (κ3) is 3.08. The van der Waals surface area contributed by atoms with E-state index in [9.17, 15) is 4.79 Å². The molecule has 13 heavy (non-hydrogen) atoms. The molecule has 0 heterocycles. The summed E-state index contributed by atoms with van der Waals surface area (Å²) in [5.74, 6) is 0. The molecule has 1 heteroatoms. The van der Waals surface area contributed by atoms with Crippen LogP contribution in [0.1, 0.15) is 22.8 Å². The van der Waals surface area contributed by atoms with Crippen molar-refractivity contribution in [2.24, 2.45) is 0 Å². The van der Waals surface area contributed by atoms with Gasteiger partial charge in [-0.3, -0.25) is 4.79 Å². The highest BCUT2D eigenvalue weighted by molar-refractivity contribution is 5.75. The molecule has 1 aromatic carbocycles. The molecule has 0 N–H and O–H groups in total. The normalized spacial score (nSPS) is 10.2. The van der Waals surface area contributed by atoms with Gasteiger partial charge in [0.1, 0.15) is 6.29 Å². The molecule has 0 saturated carbocycles. The quantitative estimate of drug-likeness (QED) is 0.505. The van der Waals surface area contributed by atoms with Crippen molar-refractivity contribution in [2.75, 3.05) is 0 Å². The van der Waals surface area contributed by atoms with E-state index in [2.05, 4.69) is 6.58 Å². The van der Waals surface area contributed by atoms with E-state index in [0.717, 1.165) is 17.4 Å². The second-order valence-electron chi connectivity index (χ2n) is 2.96. The first-order chi connectivity index (χ1) is 6.22.